The molecule has 104 valence electrons. The highest BCUT2D eigenvalue weighted by molar-refractivity contribution is 4.71. The number of hydrogen-bond acceptors (Lipinski definition) is 2. The SMILES string of the molecule is CCCCC(CC)CC(COCC)NCCC. The van der Waals surface area contributed by atoms with E-state index in [9.17, 15) is 0 Å². The van der Waals surface area contributed by atoms with Gasteiger partial charge in [-0.05, 0) is 32.2 Å². The van der Waals surface area contributed by atoms with E-state index in [1.807, 2.05) is 0 Å². The number of rotatable bonds is 12. The van der Waals surface area contributed by atoms with Crippen LogP contribution in [0.5, 0.6) is 0 Å². The minimum Gasteiger partial charge on any atom is -0.380 e. The lowest BCUT2D eigenvalue weighted by Crippen LogP contribution is -2.36. The summed E-state index contributed by atoms with van der Waals surface area (Å²) >= 11 is 0. The molecule has 2 unspecified atom stereocenters. The molecular formula is C15H33NO. The molecule has 2 nitrogen and oxygen atoms in total. The molecule has 0 spiro atoms. The second-order valence-electron chi connectivity index (χ2n) is 4.96. The molecule has 0 aromatic rings. The van der Waals surface area contributed by atoms with Crippen molar-refractivity contribution in [2.45, 2.75) is 72.3 Å². The molecule has 0 radical (unpaired) electrons. The standard InChI is InChI=1S/C15H33NO/c1-5-9-10-14(7-3)12-15(13-17-8-4)16-11-6-2/h14-16H,5-13H2,1-4H3. The summed E-state index contributed by atoms with van der Waals surface area (Å²) in [4.78, 5) is 0. The molecular weight excluding hydrogens is 210 g/mol. The maximum absolute atomic E-state index is 5.58. The molecule has 0 bridgehead atoms. The van der Waals surface area contributed by atoms with Crippen LogP contribution in [0.15, 0.2) is 0 Å². The molecule has 0 aliphatic heterocycles. The number of nitrogens with one attached hydrogen (secondary N) is 1. The van der Waals surface area contributed by atoms with Gasteiger partial charge in [-0.3, -0.25) is 0 Å². The molecule has 2 atom stereocenters. The van der Waals surface area contributed by atoms with Crippen molar-refractivity contribution < 1.29 is 4.74 Å². The van der Waals surface area contributed by atoms with Crippen molar-refractivity contribution >= 4 is 0 Å². The van der Waals surface area contributed by atoms with Crippen LogP contribution < -0.4 is 5.32 Å². The Morgan fingerprint density at radius 3 is 2.35 bits per heavy atom. The summed E-state index contributed by atoms with van der Waals surface area (Å²) in [6.07, 6.45) is 7.84. The summed E-state index contributed by atoms with van der Waals surface area (Å²) in [5, 5.41) is 3.62. The van der Waals surface area contributed by atoms with Crippen LogP contribution in [-0.4, -0.2) is 25.8 Å². The van der Waals surface area contributed by atoms with Gasteiger partial charge in [0.2, 0.25) is 0 Å². The molecule has 0 heterocycles. The molecule has 17 heavy (non-hydrogen) atoms. The largest absolute Gasteiger partial charge is 0.380 e. The highest BCUT2D eigenvalue weighted by Gasteiger charge is 2.14. The molecule has 0 aliphatic carbocycles. The molecule has 0 aromatic heterocycles. The van der Waals surface area contributed by atoms with Crippen molar-refractivity contribution in [3.8, 4) is 0 Å². The Hall–Kier alpha value is -0.0800. The number of hydrogen-bond donors (Lipinski definition) is 1. The summed E-state index contributed by atoms with van der Waals surface area (Å²) in [5.41, 5.74) is 0. The quantitative estimate of drug-likeness (QED) is 0.559. The van der Waals surface area contributed by atoms with Crippen LogP contribution in [0.1, 0.15) is 66.2 Å². The predicted octanol–water partition coefficient (Wildman–Crippen LogP) is 4.00. The Bertz CT molecular complexity index is 142. The second-order valence-corrected chi connectivity index (χ2v) is 4.96. The summed E-state index contributed by atoms with van der Waals surface area (Å²) in [6.45, 7) is 11.7. The zero-order valence-corrected chi connectivity index (χ0v) is 12.4. The fraction of sp³-hybridized carbons (Fsp3) is 1.00. The van der Waals surface area contributed by atoms with Gasteiger partial charge >= 0.3 is 0 Å². The average molecular weight is 243 g/mol. The Morgan fingerprint density at radius 2 is 1.82 bits per heavy atom. The van der Waals surface area contributed by atoms with Crippen LogP contribution in [0.2, 0.25) is 0 Å². The van der Waals surface area contributed by atoms with E-state index >= 15 is 0 Å². The van der Waals surface area contributed by atoms with Crippen LogP contribution in [0, 0.1) is 5.92 Å². The van der Waals surface area contributed by atoms with Gasteiger partial charge in [0.25, 0.3) is 0 Å². The van der Waals surface area contributed by atoms with E-state index in [1.165, 1.54) is 38.5 Å². The van der Waals surface area contributed by atoms with Crippen molar-refractivity contribution in [1.82, 2.24) is 5.32 Å². The van der Waals surface area contributed by atoms with Crippen molar-refractivity contribution in [3.63, 3.8) is 0 Å². The molecule has 0 rings (SSSR count). The Labute approximate surface area is 109 Å². The van der Waals surface area contributed by atoms with Gasteiger partial charge < -0.3 is 10.1 Å². The minimum atomic E-state index is 0.553. The van der Waals surface area contributed by atoms with Gasteiger partial charge in [0, 0.05) is 12.6 Å². The first-order valence-corrected chi connectivity index (χ1v) is 7.59. The van der Waals surface area contributed by atoms with Gasteiger partial charge in [-0.25, -0.2) is 0 Å². The van der Waals surface area contributed by atoms with Crippen molar-refractivity contribution in [2.24, 2.45) is 5.92 Å². The molecule has 1 N–H and O–H groups in total. The first kappa shape index (κ1) is 16.9. The number of unbranched alkanes of at least 4 members (excludes halogenated alkanes) is 1. The van der Waals surface area contributed by atoms with Crippen LogP contribution in [0.25, 0.3) is 0 Å². The summed E-state index contributed by atoms with van der Waals surface area (Å²) in [6, 6.07) is 0.553. The third-order valence-electron chi connectivity index (χ3n) is 3.37. The molecule has 0 saturated carbocycles. The molecule has 0 aromatic carbocycles. The molecule has 0 fully saturated rings. The Morgan fingerprint density at radius 1 is 1.06 bits per heavy atom. The molecule has 0 saturated heterocycles. The lowest BCUT2D eigenvalue weighted by molar-refractivity contribution is 0.113. The van der Waals surface area contributed by atoms with Crippen LogP contribution in [0.4, 0.5) is 0 Å². The fourth-order valence-corrected chi connectivity index (χ4v) is 2.20. The van der Waals surface area contributed by atoms with Gasteiger partial charge in [-0.15, -0.1) is 0 Å². The van der Waals surface area contributed by atoms with Gasteiger partial charge in [0.05, 0.1) is 6.61 Å². The average Bonchev–Trinajstić information content (AvgIpc) is 2.36. The normalized spacial score (nSPS) is 14.8. The second kappa shape index (κ2) is 12.4. The van der Waals surface area contributed by atoms with Crippen molar-refractivity contribution in [3.05, 3.63) is 0 Å². The van der Waals surface area contributed by atoms with Crippen LogP contribution in [0.3, 0.4) is 0 Å². The third-order valence-corrected chi connectivity index (χ3v) is 3.37. The number of ether oxygens (including phenoxy) is 1. The zero-order chi connectivity index (χ0) is 12.9. The van der Waals surface area contributed by atoms with Crippen LogP contribution >= 0.6 is 0 Å². The van der Waals surface area contributed by atoms with E-state index in [0.717, 1.165) is 25.7 Å². The monoisotopic (exact) mass is 243 g/mol. The van der Waals surface area contributed by atoms with Crippen LogP contribution in [-0.2, 0) is 4.74 Å². The van der Waals surface area contributed by atoms with E-state index in [4.69, 9.17) is 4.74 Å². The van der Waals surface area contributed by atoms with E-state index in [0.29, 0.717) is 6.04 Å². The first-order valence-electron chi connectivity index (χ1n) is 7.59. The predicted molar refractivity (Wildman–Crippen MR) is 76.5 cm³/mol. The summed E-state index contributed by atoms with van der Waals surface area (Å²) in [5.74, 6) is 0.866. The molecule has 0 aliphatic rings. The fourth-order valence-electron chi connectivity index (χ4n) is 2.20. The van der Waals surface area contributed by atoms with Crippen molar-refractivity contribution in [1.29, 1.82) is 0 Å². The lowest BCUT2D eigenvalue weighted by Gasteiger charge is -2.23. The minimum absolute atomic E-state index is 0.553. The molecule has 0 amide bonds. The van der Waals surface area contributed by atoms with Gasteiger partial charge in [-0.2, -0.15) is 0 Å². The van der Waals surface area contributed by atoms with Crippen molar-refractivity contribution in [2.75, 3.05) is 19.8 Å². The smallest absolute Gasteiger partial charge is 0.0619 e. The first-order chi connectivity index (χ1) is 8.28. The lowest BCUT2D eigenvalue weighted by atomic mass is 9.92. The van der Waals surface area contributed by atoms with Gasteiger partial charge in [-0.1, -0.05) is 46.5 Å². The van der Waals surface area contributed by atoms with Gasteiger partial charge in [0.1, 0.15) is 0 Å². The topological polar surface area (TPSA) is 21.3 Å². The molecule has 2 heteroatoms. The highest BCUT2D eigenvalue weighted by Crippen LogP contribution is 2.18. The Balaban J connectivity index is 3.97. The summed E-state index contributed by atoms with van der Waals surface area (Å²) < 4.78 is 5.58. The summed E-state index contributed by atoms with van der Waals surface area (Å²) in [7, 11) is 0. The zero-order valence-electron chi connectivity index (χ0n) is 12.4. The maximum atomic E-state index is 5.58. The van der Waals surface area contributed by atoms with E-state index < -0.39 is 0 Å². The highest BCUT2D eigenvalue weighted by atomic mass is 16.5. The maximum Gasteiger partial charge on any atom is 0.0619 e. The van der Waals surface area contributed by atoms with E-state index in [2.05, 4.69) is 33.0 Å². The Kier molecular flexibility index (Phi) is 12.3. The van der Waals surface area contributed by atoms with Gasteiger partial charge in [0.15, 0.2) is 0 Å². The van der Waals surface area contributed by atoms with E-state index in [-0.39, 0.29) is 0 Å². The third kappa shape index (κ3) is 9.61. The van der Waals surface area contributed by atoms with E-state index in [1.54, 1.807) is 0 Å².